The fourth-order valence-electron chi connectivity index (χ4n) is 2.42. The third kappa shape index (κ3) is 3.74. The molecule has 2 rings (SSSR count). The molecule has 0 aromatic rings. The average molecular weight is 212 g/mol. The maximum Gasteiger partial charge on any atom is 0.0712 e. The van der Waals surface area contributed by atoms with Gasteiger partial charge in [-0.05, 0) is 38.3 Å². The van der Waals surface area contributed by atoms with E-state index in [1.54, 1.807) is 0 Å². The molecule has 2 heterocycles. The van der Waals surface area contributed by atoms with Gasteiger partial charge in [-0.15, -0.1) is 0 Å². The molecule has 0 radical (unpaired) electrons. The van der Waals surface area contributed by atoms with E-state index in [-0.39, 0.29) is 0 Å². The number of piperidine rings is 1. The lowest BCUT2D eigenvalue weighted by Gasteiger charge is -2.32. The molecule has 0 aromatic carbocycles. The summed E-state index contributed by atoms with van der Waals surface area (Å²) >= 11 is 0. The summed E-state index contributed by atoms with van der Waals surface area (Å²) in [5.74, 6) is 0.939. The van der Waals surface area contributed by atoms with Crippen molar-refractivity contribution in [3.8, 4) is 0 Å². The van der Waals surface area contributed by atoms with Gasteiger partial charge in [0, 0.05) is 19.6 Å². The number of hydrogen-bond acceptors (Lipinski definition) is 3. The smallest absolute Gasteiger partial charge is 0.0712 e. The monoisotopic (exact) mass is 212 g/mol. The zero-order valence-electron chi connectivity index (χ0n) is 9.87. The second-order valence-corrected chi connectivity index (χ2v) is 5.01. The maximum atomic E-state index is 5.70. The minimum absolute atomic E-state index is 0.457. The van der Waals surface area contributed by atoms with Gasteiger partial charge in [0.2, 0.25) is 0 Å². The Labute approximate surface area is 93.2 Å². The highest BCUT2D eigenvalue weighted by molar-refractivity contribution is 4.73. The Hall–Kier alpha value is -0.120. The Morgan fingerprint density at radius 2 is 2.13 bits per heavy atom. The lowest BCUT2D eigenvalue weighted by molar-refractivity contribution is 0.0154. The maximum absolute atomic E-state index is 5.70. The van der Waals surface area contributed by atoms with Gasteiger partial charge in [0.05, 0.1) is 12.7 Å². The third-order valence-electron chi connectivity index (χ3n) is 3.65. The first kappa shape index (κ1) is 11.4. The summed E-state index contributed by atoms with van der Waals surface area (Å²) in [6.07, 6.45) is 4.41. The van der Waals surface area contributed by atoms with Crippen molar-refractivity contribution in [2.24, 2.45) is 5.92 Å². The van der Waals surface area contributed by atoms with Gasteiger partial charge in [-0.2, -0.15) is 0 Å². The highest BCUT2D eigenvalue weighted by Crippen LogP contribution is 2.16. The first-order valence-electron chi connectivity index (χ1n) is 6.39. The molecular weight excluding hydrogens is 188 g/mol. The van der Waals surface area contributed by atoms with E-state index >= 15 is 0 Å². The molecule has 2 fully saturated rings. The van der Waals surface area contributed by atoms with E-state index in [0.717, 1.165) is 25.6 Å². The van der Waals surface area contributed by atoms with Gasteiger partial charge < -0.3 is 15.0 Å². The molecule has 2 aliphatic heterocycles. The molecular formula is C12H24N2O. The highest BCUT2D eigenvalue weighted by Gasteiger charge is 2.18. The molecule has 1 atom stereocenters. The topological polar surface area (TPSA) is 24.5 Å². The summed E-state index contributed by atoms with van der Waals surface area (Å²) in [6.45, 7) is 9.14. The Kier molecular flexibility index (Phi) is 4.42. The van der Waals surface area contributed by atoms with E-state index in [4.69, 9.17) is 4.74 Å². The van der Waals surface area contributed by atoms with Gasteiger partial charge >= 0.3 is 0 Å². The molecule has 0 aliphatic carbocycles. The van der Waals surface area contributed by atoms with Gasteiger partial charge in [0.15, 0.2) is 0 Å². The lowest BCUT2D eigenvalue weighted by atomic mass is 9.99. The summed E-state index contributed by atoms with van der Waals surface area (Å²) < 4.78 is 5.70. The van der Waals surface area contributed by atoms with Crippen LogP contribution >= 0.6 is 0 Å². The van der Waals surface area contributed by atoms with Gasteiger partial charge in [-0.25, -0.2) is 0 Å². The molecule has 15 heavy (non-hydrogen) atoms. The van der Waals surface area contributed by atoms with Crippen molar-refractivity contribution in [1.82, 2.24) is 10.2 Å². The number of hydrogen-bond donors (Lipinski definition) is 1. The summed E-state index contributed by atoms with van der Waals surface area (Å²) in [5.41, 5.74) is 0. The van der Waals surface area contributed by atoms with Gasteiger partial charge in [0.1, 0.15) is 0 Å². The fourth-order valence-corrected chi connectivity index (χ4v) is 2.42. The van der Waals surface area contributed by atoms with Crippen LogP contribution in [0.25, 0.3) is 0 Å². The average Bonchev–Trinajstić information content (AvgIpc) is 2.30. The SMILES string of the molecule is CC1CCN(CCC2CNCCO2)CC1. The molecule has 0 amide bonds. The molecule has 3 heteroatoms. The summed E-state index contributed by atoms with van der Waals surface area (Å²) in [5, 5.41) is 3.39. The van der Waals surface area contributed by atoms with E-state index in [1.165, 1.54) is 38.9 Å². The standard InChI is InChI=1S/C12H24N2O/c1-11-2-6-14(7-3-11)8-4-12-10-13-5-9-15-12/h11-13H,2-10H2,1H3. The zero-order chi connectivity index (χ0) is 10.5. The highest BCUT2D eigenvalue weighted by atomic mass is 16.5. The Bertz CT molecular complexity index is 172. The van der Waals surface area contributed by atoms with E-state index in [2.05, 4.69) is 17.1 Å². The van der Waals surface area contributed by atoms with E-state index in [1.807, 2.05) is 0 Å². The van der Waals surface area contributed by atoms with Gasteiger partial charge in [-0.1, -0.05) is 6.92 Å². The lowest BCUT2D eigenvalue weighted by Crippen LogP contribution is -2.41. The van der Waals surface area contributed by atoms with Crippen LogP contribution in [0.15, 0.2) is 0 Å². The van der Waals surface area contributed by atoms with Crippen molar-refractivity contribution in [3.05, 3.63) is 0 Å². The second-order valence-electron chi connectivity index (χ2n) is 5.01. The van der Waals surface area contributed by atoms with Crippen molar-refractivity contribution in [3.63, 3.8) is 0 Å². The van der Waals surface area contributed by atoms with Crippen LogP contribution in [-0.4, -0.2) is 50.3 Å². The molecule has 2 aliphatic rings. The molecule has 88 valence electrons. The molecule has 2 saturated heterocycles. The van der Waals surface area contributed by atoms with Crippen molar-refractivity contribution in [1.29, 1.82) is 0 Å². The quantitative estimate of drug-likeness (QED) is 0.758. The normalized spacial score (nSPS) is 30.6. The Balaban J connectivity index is 1.60. The van der Waals surface area contributed by atoms with Crippen LogP contribution in [0.4, 0.5) is 0 Å². The molecule has 1 N–H and O–H groups in total. The number of morpholine rings is 1. The number of likely N-dealkylation sites (tertiary alicyclic amines) is 1. The third-order valence-corrected chi connectivity index (χ3v) is 3.65. The molecule has 1 unspecified atom stereocenters. The van der Waals surface area contributed by atoms with Gasteiger partial charge in [-0.3, -0.25) is 0 Å². The summed E-state index contributed by atoms with van der Waals surface area (Å²) in [7, 11) is 0. The summed E-state index contributed by atoms with van der Waals surface area (Å²) in [6, 6.07) is 0. The van der Waals surface area contributed by atoms with Crippen LogP contribution in [0.2, 0.25) is 0 Å². The van der Waals surface area contributed by atoms with Crippen molar-refractivity contribution in [2.45, 2.75) is 32.3 Å². The molecule has 3 nitrogen and oxygen atoms in total. The van der Waals surface area contributed by atoms with Gasteiger partial charge in [0.25, 0.3) is 0 Å². The predicted molar refractivity (Wildman–Crippen MR) is 62.1 cm³/mol. The number of nitrogens with zero attached hydrogens (tertiary/aromatic N) is 1. The Morgan fingerprint density at radius 3 is 2.80 bits per heavy atom. The number of nitrogens with one attached hydrogen (secondary N) is 1. The summed E-state index contributed by atoms with van der Waals surface area (Å²) in [4.78, 5) is 2.60. The predicted octanol–water partition coefficient (Wildman–Crippen LogP) is 1.10. The zero-order valence-corrected chi connectivity index (χ0v) is 9.87. The minimum Gasteiger partial charge on any atom is -0.376 e. The van der Waals surface area contributed by atoms with Crippen molar-refractivity contribution >= 4 is 0 Å². The van der Waals surface area contributed by atoms with E-state index < -0.39 is 0 Å². The number of rotatable bonds is 3. The number of ether oxygens (including phenoxy) is 1. The van der Waals surface area contributed by atoms with Crippen molar-refractivity contribution < 1.29 is 4.74 Å². The fraction of sp³-hybridized carbons (Fsp3) is 1.00. The van der Waals surface area contributed by atoms with E-state index in [0.29, 0.717) is 6.10 Å². The molecule has 0 aromatic heterocycles. The second kappa shape index (κ2) is 5.83. The molecule has 0 spiro atoms. The van der Waals surface area contributed by atoms with Crippen LogP contribution in [0.3, 0.4) is 0 Å². The Morgan fingerprint density at radius 1 is 1.33 bits per heavy atom. The van der Waals surface area contributed by atoms with Crippen LogP contribution in [-0.2, 0) is 4.74 Å². The van der Waals surface area contributed by atoms with Crippen molar-refractivity contribution in [2.75, 3.05) is 39.3 Å². The first-order chi connectivity index (χ1) is 7.34. The minimum atomic E-state index is 0.457. The van der Waals surface area contributed by atoms with Crippen LogP contribution in [0.1, 0.15) is 26.2 Å². The van der Waals surface area contributed by atoms with E-state index in [9.17, 15) is 0 Å². The van der Waals surface area contributed by atoms with Crippen LogP contribution < -0.4 is 5.32 Å². The first-order valence-corrected chi connectivity index (χ1v) is 6.39. The van der Waals surface area contributed by atoms with Crippen LogP contribution in [0, 0.1) is 5.92 Å². The molecule has 0 bridgehead atoms. The molecule has 0 saturated carbocycles. The van der Waals surface area contributed by atoms with Crippen LogP contribution in [0.5, 0.6) is 0 Å². The largest absolute Gasteiger partial charge is 0.376 e.